The van der Waals surface area contributed by atoms with Gasteiger partial charge in [0.2, 0.25) is 0 Å². The third-order valence-electron chi connectivity index (χ3n) is 3.70. The number of rotatable bonds is 4. The number of hydrogen-bond donors (Lipinski definition) is 1. The third-order valence-corrected chi connectivity index (χ3v) is 3.70. The van der Waals surface area contributed by atoms with Crippen molar-refractivity contribution in [2.45, 2.75) is 32.2 Å². The van der Waals surface area contributed by atoms with Gasteiger partial charge in [-0.1, -0.05) is 6.07 Å². The maximum atomic E-state index is 11.7. The molecule has 0 radical (unpaired) electrons. The lowest BCUT2D eigenvalue weighted by atomic mass is 10.1. The van der Waals surface area contributed by atoms with Gasteiger partial charge in [0, 0.05) is 11.7 Å². The molecule has 1 atom stereocenters. The molecule has 1 aliphatic rings. The number of carbonyl (C=O) groups is 1. The Balaban J connectivity index is 1.98. The van der Waals surface area contributed by atoms with Crippen LogP contribution in [-0.4, -0.2) is 43.7 Å². The Kier molecular flexibility index (Phi) is 5.41. The molecule has 0 aromatic heterocycles. The Bertz CT molecular complexity index is 448. The predicted octanol–water partition coefficient (Wildman–Crippen LogP) is 2.76. The van der Waals surface area contributed by atoms with E-state index in [-0.39, 0.29) is 5.97 Å². The van der Waals surface area contributed by atoms with E-state index in [9.17, 15) is 4.79 Å². The molecule has 0 saturated carbocycles. The molecule has 0 spiro atoms. The van der Waals surface area contributed by atoms with Crippen molar-refractivity contribution in [1.82, 2.24) is 4.90 Å². The summed E-state index contributed by atoms with van der Waals surface area (Å²) >= 11 is 0. The van der Waals surface area contributed by atoms with E-state index in [1.54, 1.807) is 6.07 Å². The molecule has 4 heteroatoms. The zero-order valence-corrected chi connectivity index (χ0v) is 12.4. The van der Waals surface area contributed by atoms with Gasteiger partial charge < -0.3 is 15.0 Å². The van der Waals surface area contributed by atoms with Crippen molar-refractivity contribution in [3.05, 3.63) is 29.8 Å². The van der Waals surface area contributed by atoms with Crippen molar-refractivity contribution >= 4 is 11.7 Å². The van der Waals surface area contributed by atoms with Crippen molar-refractivity contribution in [2.75, 3.05) is 32.1 Å². The van der Waals surface area contributed by atoms with Crippen LogP contribution in [0.4, 0.5) is 5.69 Å². The number of likely N-dealkylation sites (tertiary alicyclic amines) is 1. The van der Waals surface area contributed by atoms with Crippen LogP contribution in [0.3, 0.4) is 0 Å². The first-order chi connectivity index (χ1) is 9.69. The smallest absolute Gasteiger partial charge is 0.338 e. The van der Waals surface area contributed by atoms with Crippen molar-refractivity contribution in [1.29, 1.82) is 0 Å². The maximum absolute atomic E-state index is 11.7. The second kappa shape index (κ2) is 7.29. The molecule has 0 aliphatic carbocycles. The molecule has 110 valence electrons. The Hall–Kier alpha value is -1.55. The highest BCUT2D eigenvalue weighted by Gasteiger charge is 2.15. The van der Waals surface area contributed by atoms with Crippen LogP contribution in [0.2, 0.25) is 0 Å². The molecule has 1 saturated heterocycles. The largest absolute Gasteiger partial charge is 0.462 e. The zero-order valence-electron chi connectivity index (χ0n) is 12.4. The topological polar surface area (TPSA) is 41.6 Å². The summed E-state index contributed by atoms with van der Waals surface area (Å²) in [6, 6.07) is 8.07. The first-order valence-electron chi connectivity index (χ1n) is 7.41. The second-order valence-electron chi connectivity index (χ2n) is 5.38. The van der Waals surface area contributed by atoms with Gasteiger partial charge in [0.15, 0.2) is 0 Å². The Morgan fingerprint density at radius 2 is 2.25 bits per heavy atom. The lowest BCUT2D eigenvalue weighted by molar-refractivity contribution is 0.0526. The third kappa shape index (κ3) is 4.23. The number of carbonyl (C=O) groups excluding carboxylic acids is 1. The lowest BCUT2D eigenvalue weighted by Gasteiger charge is -2.18. The Morgan fingerprint density at radius 1 is 1.40 bits per heavy atom. The van der Waals surface area contributed by atoms with Crippen molar-refractivity contribution in [3.8, 4) is 0 Å². The molecule has 1 fully saturated rings. The quantitative estimate of drug-likeness (QED) is 0.859. The minimum atomic E-state index is -0.253. The average Bonchev–Trinajstić information content (AvgIpc) is 2.64. The van der Waals surface area contributed by atoms with Crippen LogP contribution in [0, 0.1) is 0 Å². The highest BCUT2D eigenvalue weighted by atomic mass is 16.5. The van der Waals surface area contributed by atoms with E-state index in [0.29, 0.717) is 18.2 Å². The van der Waals surface area contributed by atoms with Gasteiger partial charge in [-0.2, -0.15) is 0 Å². The minimum absolute atomic E-state index is 0.253. The van der Waals surface area contributed by atoms with E-state index in [0.717, 1.165) is 18.7 Å². The Morgan fingerprint density at radius 3 is 3.05 bits per heavy atom. The van der Waals surface area contributed by atoms with Gasteiger partial charge >= 0.3 is 5.97 Å². The number of benzene rings is 1. The number of nitrogens with one attached hydrogen (secondary N) is 1. The number of hydrogen-bond acceptors (Lipinski definition) is 4. The monoisotopic (exact) mass is 276 g/mol. The van der Waals surface area contributed by atoms with Crippen LogP contribution in [0.1, 0.15) is 36.5 Å². The summed E-state index contributed by atoms with van der Waals surface area (Å²) in [6.45, 7) is 4.52. The lowest BCUT2D eigenvalue weighted by Crippen LogP contribution is -2.23. The van der Waals surface area contributed by atoms with Crippen molar-refractivity contribution < 1.29 is 9.53 Å². The number of ether oxygens (including phenoxy) is 1. The molecule has 1 aliphatic heterocycles. The molecule has 2 rings (SSSR count). The summed E-state index contributed by atoms with van der Waals surface area (Å²) < 4.78 is 5.03. The highest BCUT2D eigenvalue weighted by molar-refractivity contribution is 5.90. The van der Waals surface area contributed by atoms with E-state index in [1.807, 2.05) is 25.1 Å². The maximum Gasteiger partial charge on any atom is 0.338 e. The normalized spacial score (nSPS) is 20.2. The summed E-state index contributed by atoms with van der Waals surface area (Å²) in [5.74, 6) is -0.253. The molecule has 0 amide bonds. The highest BCUT2D eigenvalue weighted by Crippen LogP contribution is 2.18. The summed E-state index contributed by atoms with van der Waals surface area (Å²) in [6.07, 6.45) is 3.53. The minimum Gasteiger partial charge on any atom is -0.462 e. The molecule has 1 aromatic rings. The van der Waals surface area contributed by atoms with Crippen LogP contribution < -0.4 is 5.32 Å². The van der Waals surface area contributed by atoms with Gasteiger partial charge in [0.05, 0.1) is 12.2 Å². The molecule has 1 N–H and O–H groups in total. The molecular formula is C16H24N2O2. The second-order valence-corrected chi connectivity index (χ2v) is 5.38. The first-order valence-corrected chi connectivity index (χ1v) is 7.41. The SMILES string of the molecule is CCOC(=O)c1cccc(NC2CCCN(C)CC2)c1. The fourth-order valence-electron chi connectivity index (χ4n) is 2.57. The molecule has 20 heavy (non-hydrogen) atoms. The van der Waals surface area contributed by atoms with Crippen LogP contribution in [0.15, 0.2) is 24.3 Å². The summed E-state index contributed by atoms with van der Waals surface area (Å²) in [5, 5.41) is 3.54. The van der Waals surface area contributed by atoms with Crippen LogP contribution in [0.25, 0.3) is 0 Å². The first kappa shape index (κ1) is 14.9. The van der Waals surface area contributed by atoms with Gasteiger partial charge in [-0.25, -0.2) is 4.79 Å². The van der Waals surface area contributed by atoms with E-state index >= 15 is 0 Å². The molecular weight excluding hydrogens is 252 g/mol. The van der Waals surface area contributed by atoms with Crippen LogP contribution in [0.5, 0.6) is 0 Å². The molecule has 0 bridgehead atoms. The van der Waals surface area contributed by atoms with Gasteiger partial charge in [-0.3, -0.25) is 0 Å². The van der Waals surface area contributed by atoms with Gasteiger partial charge in [0.25, 0.3) is 0 Å². The zero-order chi connectivity index (χ0) is 14.4. The Labute approximate surface area is 121 Å². The fraction of sp³-hybridized carbons (Fsp3) is 0.562. The van der Waals surface area contributed by atoms with Gasteiger partial charge in [-0.05, 0) is 64.5 Å². The molecule has 1 aromatic carbocycles. The number of nitrogens with zero attached hydrogens (tertiary/aromatic N) is 1. The number of anilines is 1. The van der Waals surface area contributed by atoms with E-state index in [4.69, 9.17) is 4.74 Å². The standard InChI is InChI=1S/C16H24N2O2/c1-3-20-16(19)13-6-4-7-15(12-13)17-14-8-5-10-18(2)11-9-14/h4,6-7,12,14,17H,3,5,8-11H2,1-2H3. The molecule has 1 heterocycles. The number of esters is 1. The van der Waals surface area contributed by atoms with E-state index < -0.39 is 0 Å². The predicted molar refractivity (Wildman–Crippen MR) is 81.2 cm³/mol. The summed E-state index contributed by atoms with van der Waals surface area (Å²) in [5.41, 5.74) is 1.62. The molecule has 1 unspecified atom stereocenters. The van der Waals surface area contributed by atoms with Gasteiger partial charge in [0.1, 0.15) is 0 Å². The summed E-state index contributed by atoms with van der Waals surface area (Å²) in [4.78, 5) is 14.1. The van der Waals surface area contributed by atoms with Crippen molar-refractivity contribution in [3.63, 3.8) is 0 Å². The average molecular weight is 276 g/mol. The van der Waals surface area contributed by atoms with Crippen molar-refractivity contribution in [2.24, 2.45) is 0 Å². The van der Waals surface area contributed by atoms with E-state index in [1.165, 1.54) is 19.4 Å². The summed E-state index contributed by atoms with van der Waals surface area (Å²) in [7, 11) is 2.17. The fourth-order valence-corrected chi connectivity index (χ4v) is 2.57. The van der Waals surface area contributed by atoms with E-state index in [2.05, 4.69) is 17.3 Å². The van der Waals surface area contributed by atoms with Gasteiger partial charge in [-0.15, -0.1) is 0 Å². The molecule has 4 nitrogen and oxygen atoms in total. The van der Waals surface area contributed by atoms with Crippen LogP contribution >= 0.6 is 0 Å². The van der Waals surface area contributed by atoms with Crippen LogP contribution in [-0.2, 0) is 4.74 Å².